The molecule has 0 N–H and O–H groups in total. The number of aryl methyl sites for hydroxylation is 2. The molecule has 0 atom stereocenters. The van der Waals surface area contributed by atoms with Crippen molar-refractivity contribution < 1.29 is 0 Å². The molecule has 0 radical (unpaired) electrons. The Labute approximate surface area is 170 Å². The van der Waals surface area contributed by atoms with Gasteiger partial charge in [0.2, 0.25) is 0 Å². The van der Waals surface area contributed by atoms with E-state index in [0.717, 1.165) is 44.5 Å². The second-order valence-electron chi connectivity index (χ2n) is 6.54. The van der Waals surface area contributed by atoms with Crippen LogP contribution in [0.15, 0.2) is 49.4 Å². The van der Waals surface area contributed by atoms with Gasteiger partial charge in [-0.05, 0) is 36.1 Å². The summed E-state index contributed by atoms with van der Waals surface area (Å²) in [7, 11) is 3.18. The minimum absolute atomic E-state index is 0.280. The van der Waals surface area contributed by atoms with Crippen LogP contribution in [0.1, 0.15) is 30.9 Å². The molecule has 3 aromatic rings. The van der Waals surface area contributed by atoms with Crippen molar-refractivity contribution in [3.8, 4) is 0 Å². The first kappa shape index (κ1) is 19.9. The average molecular weight is 448 g/mol. The standard InChI is InChI=1S/C20H22BrN3O2S/c1-4-5-6-14-11-22-18-16(19(25)24(3)20(26)23(18)2)17(14)27-12-13-7-9-15(21)10-8-13/h7-11H,4-6,12H2,1-3H3. The fourth-order valence-corrected chi connectivity index (χ4v) is 4.42. The van der Waals surface area contributed by atoms with E-state index in [9.17, 15) is 9.59 Å². The van der Waals surface area contributed by atoms with Crippen LogP contribution in [-0.2, 0) is 26.3 Å². The summed E-state index contributed by atoms with van der Waals surface area (Å²) in [6.45, 7) is 2.14. The predicted molar refractivity (Wildman–Crippen MR) is 115 cm³/mol. The normalized spacial score (nSPS) is 11.3. The van der Waals surface area contributed by atoms with Crippen molar-refractivity contribution >= 4 is 38.7 Å². The topological polar surface area (TPSA) is 56.9 Å². The highest BCUT2D eigenvalue weighted by Gasteiger charge is 2.17. The van der Waals surface area contributed by atoms with Crippen LogP contribution in [0.5, 0.6) is 0 Å². The number of hydrogen-bond donors (Lipinski definition) is 0. The molecule has 0 spiro atoms. The van der Waals surface area contributed by atoms with Crippen molar-refractivity contribution in [2.75, 3.05) is 0 Å². The van der Waals surface area contributed by atoms with Crippen LogP contribution in [-0.4, -0.2) is 14.1 Å². The molecule has 0 unspecified atom stereocenters. The first-order valence-electron chi connectivity index (χ1n) is 8.88. The number of nitrogens with zero attached hydrogens (tertiary/aromatic N) is 3. The van der Waals surface area contributed by atoms with Crippen LogP contribution in [0.3, 0.4) is 0 Å². The maximum Gasteiger partial charge on any atom is 0.332 e. The summed E-state index contributed by atoms with van der Waals surface area (Å²) in [5.41, 5.74) is 2.06. The van der Waals surface area contributed by atoms with E-state index >= 15 is 0 Å². The number of halogens is 1. The molecular formula is C20H22BrN3O2S. The number of unbranched alkanes of at least 4 members (excludes halogenated alkanes) is 1. The first-order chi connectivity index (χ1) is 12.9. The summed E-state index contributed by atoms with van der Waals surface area (Å²) in [6.07, 6.45) is 4.79. The number of fused-ring (bicyclic) bond motifs is 1. The van der Waals surface area contributed by atoms with Crippen LogP contribution < -0.4 is 11.2 Å². The molecule has 5 nitrogen and oxygen atoms in total. The van der Waals surface area contributed by atoms with E-state index in [1.165, 1.54) is 17.2 Å². The van der Waals surface area contributed by atoms with E-state index in [1.54, 1.807) is 18.8 Å². The van der Waals surface area contributed by atoms with Gasteiger partial charge in [0.1, 0.15) is 5.65 Å². The molecule has 0 bridgehead atoms. The van der Waals surface area contributed by atoms with Crippen molar-refractivity contribution in [1.82, 2.24) is 14.1 Å². The predicted octanol–water partition coefficient (Wildman–Crippen LogP) is 4.03. The molecule has 0 saturated carbocycles. The Morgan fingerprint density at radius 2 is 1.81 bits per heavy atom. The monoisotopic (exact) mass is 447 g/mol. The van der Waals surface area contributed by atoms with E-state index in [4.69, 9.17) is 0 Å². The summed E-state index contributed by atoms with van der Waals surface area (Å²) in [4.78, 5) is 30.5. The molecule has 2 heterocycles. The van der Waals surface area contributed by atoms with Gasteiger partial charge in [0.15, 0.2) is 0 Å². The fraction of sp³-hybridized carbons (Fsp3) is 0.350. The minimum Gasteiger partial charge on any atom is -0.280 e. The van der Waals surface area contributed by atoms with Crippen molar-refractivity contribution in [1.29, 1.82) is 0 Å². The third kappa shape index (κ3) is 4.04. The molecule has 0 aliphatic heterocycles. The Morgan fingerprint density at radius 3 is 2.48 bits per heavy atom. The molecule has 3 rings (SSSR count). The zero-order valence-electron chi connectivity index (χ0n) is 15.7. The van der Waals surface area contributed by atoms with E-state index in [-0.39, 0.29) is 11.2 Å². The molecule has 2 aromatic heterocycles. The SMILES string of the molecule is CCCCc1cnc2c(c1SCc1ccc(Br)cc1)c(=O)n(C)c(=O)n2C. The maximum absolute atomic E-state index is 12.9. The molecule has 0 aliphatic carbocycles. The Morgan fingerprint density at radius 1 is 1.11 bits per heavy atom. The van der Waals surface area contributed by atoms with Gasteiger partial charge in [0.05, 0.1) is 5.39 Å². The van der Waals surface area contributed by atoms with Crippen molar-refractivity contribution in [2.24, 2.45) is 14.1 Å². The fourth-order valence-electron chi connectivity index (χ4n) is 2.99. The average Bonchev–Trinajstić information content (AvgIpc) is 2.68. The minimum atomic E-state index is -0.356. The molecule has 142 valence electrons. The van der Waals surface area contributed by atoms with Gasteiger partial charge in [0.25, 0.3) is 5.56 Å². The van der Waals surface area contributed by atoms with E-state index in [2.05, 4.69) is 40.0 Å². The quantitative estimate of drug-likeness (QED) is 0.535. The van der Waals surface area contributed by atoms with Gasteiger partial charge < -0.3 is 0 Å². The molecule has 7 heteroatoms. The first-order valence-corrected chi connectivity index (χ1v) is 10.7. The van der Waals surface area contributed by atoms with Gasteiger partial charge >= 0.3 is 5.69 Å². The smallest absolute Gasteiger partial charge is 0.280 e. The molecular weight excluding hydrogens is 426 g/mol. The van der Waals surface area contributed by atoms with Gasteiger partial charge in [-0.1, -0.05) is 41.4 Å². The van der Waals surface area contributed by atoms with Gasteiger partial charge in [-0.3, -0.25) is 13.9 Å². The number of benzene rings is 1. The van der Waals surface area contributed by atoms with Crippen LogP contribution in [0.25, 0.3) is 11.0 Å². The van der Waals surface area contributed by atoms with Crippen LogP contribution in [0.2, 0.25) is 0 Å². The van der Waals surface area contributed by atoms with Gasteiger partial charge in [-0.25, -0.2) is 9.78 Å². The second kappa shape index (κ2) is 8.44. The van der Waals surface area contributed by atoms with Crippen molar-refractivity contribution in [2.45, 2.75) is 36.8 Å². The summed E-state index contributed by atoms with van der Waals surface area (Å²) in [5.74, 6) is 0.748. The van der Waals surface area contributed by atoms with E-state index < -0.39 is 0 Å². The Hall–Kier alpha value is -1.86. The van der Waals surface area contributed by atoms with E-state index in [0.29, 0.717) is 11.0 Å². The number of aromatic nitrogens is 3. The Kier molecular flexibility index (Phi) is 6.22. The van der Waals surface area contributed by atoms with Gasteiger partial charge in [0, 0.05) is 35.4 Å². The third-order valence-corrected chi connectivity index (χ3v) is 6.35. The molecule has 0 saturated heterocycles. The number of thioether (sulfide) groups is 1. The summed E-state index contributed by atoms with van der Waals surface area (Å²) < 4.78 is 3.65. The zero-order chi connectivity index (χ0) is 19.6. The third-order valence-electron chi connectivity index (χ3n) is 4.59. The highest BCUT2D eigenvalue weighted by molar-refractivity contribution is 9.10. The lowest BCUT2D eigenvalue weighted by atomic mass is 10.1. The number of rotatable bonds is 6. The zero-order valence-corrected chi connectivity index (χ0v) is 18.1. The lowest BCUT2D eigenvalue weighted by Gasteiger charge is -2.14. The van der Waals surface area contributed by atoms with Crippen LogP contribution >= 0.6 is 27.7 Å². The van der Waals surface area contributed by atoms with E-state index in [1.807, 2.05) is 18.3 Å². The molecule has 27 heavy (non-hydrogen) atoms. The molecule has 0 aliphatic rings. The second-order valence-corrected chi connectivity index (χ2v) is 8.44. The summed E-state index contributed by atoms with van der Waals surface area (Å²) in [5, 5.41) is 0.537. The Balaban J connectivity index is 2.14. The van der Waals surface area contributed by atoms with Crippen molar-refractivity contribution in [3.63, 3.8) is 0 Å². The highest BCUT2D eigenvalue weighted by atomic mass is 79.9. The lowest BCUT2D eigenvalue weighted by molar-refractivity contribution is 0.703. The highest BCUT2D eigenvalue weighted by Crippen LogP contribution is 2.31. The van der Waals surface area contributed by atoms with Crippen LogP contribution in [0, 0.1) is 0 Å². The molecule has 1 aromatic carbocycles. The van der Waals surface area contributed by atoms with Crippen LogP contribution in [0.4, 0.5) is 0 Å². The maximum atomic E-state index is 12.9. The lowest BCUT2D eigenvalue weighted by Crippen LogP contribution is -2.37. The summed E-state index contributed by atoms with van der Waals surface area (Å²) in [6, 6.07) is 8.17. The van der Waals surface area contributed by atoms with Gasteiger partial charge in [-0.15, -0.1) is 11.8 Å². The van der Waals surface area contributed by atoms with Gasteiger partial charge in [-0.2, -0.15) is 0 Å². The van der Waals surface area contributed by atoms with Crippen molar-refractivity contribution in [3.05, 3.63) is 66.9 Å². The largest absolute Gasteiger partial charge is 0.332 e. The number of pyridine rings is 1. The Bertz CT molecular complexity index is 1090. The number of hydrogen-bond acceptors (Lipinski definition) is 4. The molecule has 0 fully saturated rings. The molecule has 0 amide bonds. The summed E-state index contributed by atoms with van der Waals surface area (Å²) >= 11 is 5.09.